The van der Waals surface area contributed by atoms with Crippen LogP contribution in [0.15, 0.2) is 95.6 Å². The van der Waals surface area contributed by atoms with Crippen LogP contribution in [0.3, 0.4) is 0 Å². The topological polar surface area (TPSA) is 129 Å². The molecule has 12 heteroatoms. The summed E-state index contributed by atoms with van der Waals surface area (Å²) in [5.41, 5.74) is 6.49. The van der Waals surface area contributed by atoms with Crippen molar-refractivity contribution in [3.05, 3.63) is 161 Å². The van der Waals surface area contributed by atoms with Crippen molar-refractivity contribution in [2.24, 2.45) is 5.41 Å². The molecule has 0 amide bonds. The number of hydrogen-bond donors (Lipinski definition) is 0. The number of benzene rings is 4. The average Bonchev–Trinajstić information content (AvgIpc) is 4.23. The monoisotopic (exact) mass is 1000 g/mol. The summed E-state index contributed by atoms with van der Waals surface area (Å²) in [6, 6.07) is 30.5. The minimum absolute atomic E-state index is 0.0440. The summed E-state index contributed by atoms with van der Waals surface area (Å²) in [6.07, 6.45) is 4.45. The summed E-state index contributed by atoms with van der Waals surface area (Å²) in [7, 11) is 0. The second-order valence-corrected chi connectivity index (χ2v) is 24.4. The molecule has 4 aromatic heterocycles. The molecule has 0 N–H and O–H groups in total. The van der Waals surface area contributed by atoms with E-state index in [-0.39, 0.29) is 34.3 Å². The minimum atomic E-state index is -1.02. The first kappa shape index (κ1) is 45.0. The number of thiophene rings is 4. The van der Waals surface area contributed by atoms with Gasteiger partial charge in [0.15, 0.2) is 11.6 Å². The fraction of sp³-hybridized carbons (Fsp3) is 0.220. The van der Waals surface area contributed by atoms with Gasteiger partial charge in [-0.1, -0.05) is 82.3 Å². The molecule has 0 saturated heterocycles. The van der Waals surface area contributed by atoms with Crippen molar-refractivity contribution >= 4 is 97.6 Å². The van der Waals surface area contributed by atoms with Crippen LogP contribution in [0.4, 0.5) is 8.78 Å². The highest BCUT2D eigenvalue weighted by Gasteiger charge is 2.49. The number of nitrogens with zero attached hydrogens (tertiary/aromatic N) is 4. The van der Waals surface area contributed by atoms with Gasteiger partial charge in [0, 0.05) is 69.3 Å². The van der Waals surface area contributed by atoms with Crippen molar-refractivity contribution in [1.29, 1.82) is 21.0 Å². The lowest BCUT2D eigenvalue weighted by molar-refractivity contribution is 0.0880. The maximum Gasteiger partial charge on any atom is 0.194 e. The maximum absolute atomic E-state index is 17.3. The number of hydrogen-bond acceptors (Lipinski definition) is 10. The fourth-order valence-electron chi connectivity index (χ4n) is 12.0. The van der Waals surface area contributed by atoms with E-state index >= 15 is 8.78 Å². The van der Waals surface area contributed by atoms with E-state index in [2.05, 4.69) is 45.9 Å². The predicted octanol–water partition coefficient (Wildman–Crippen LogP) is 15.9. The standard InChI is InChI=1S/C59H38F2N4O2S4/c1-57(2)39-22-28-20-32(12-10-18-38-41(30(24-62)25-63)34-14-6-8-16-36(34)49(38)66)68-50(28)47(60)42(39)52-45(57)54-55(70-52)46-53(71-54)43-40(58(46,3)4)23-29-21-33(69-51(29)48(43)61)13-11-19-59(5)44(31(26-64)27-65)35-15-7-9-17-37(35)56(59)67/h6-9,14-18,20-23H,10-13,19H2,1-5H3/b38-18-. The molecule has 4 aliphatic rings. The molecule has 4 aliphatic carbocycles. The van der Waals surface area contributed by atoms with Gasteiger partial charge in [-0.05, 0) is 107 Å². The number of allylic oxidation sites excluding steroid dienone is 6. The lowest BCUT2D eigenvalue weighted by Crippen LogP contribution is -2.24. The van der Waals surface area contributed by atoms with Crippen molar-refractivity contribution in [2.75, 3.05) is 0 Å². The summed E-state index contributed by atoms with van der Waals surface area (Å²) in [6.45, 7) is 10.4. The highest BCUT2D eigenvalue weighted by Crippen LogP contribution is 2.65. The molecular weight excluding hydrogens is 963 g/mol. The van der Waals surface area contributed by atoms with E-state index in [1.165, 1.54) is 22.7 Å². The van der Waals surface area contributed by atoms with Crippen molar-refractivity contribution < 1.29 is 18.4 Å². The van der Waals surface area contributed by atoms with Gasteiger partial charge in [-0.2, -0.15) is 21.0 Å². The van der Waals surface area contributed by atoms with E-state index in [0.29, 0.717) is 91.6 Å². The number of carbonyl (C=O) groups excluding carboxylic acids is 2. The number of nitriles is 4. The fourth-order valence-corrected chi connectivity index (χ4v) is 17.9. The van der Waals surface area contributed by atoms with E-state index in [1.807, 2.05) is 43.3 Å². The number of halogens is 2. The SMILES string of the molecule is CC1(CCCc2cc3cc4c(c(F)c3s2)-c2sc3c5c(sc3c2C4(C)C)-c2c(cc3cc(CC/C=C4\C(=O)c6ccccc6C4=C(C#N)C#N)sc3c2F)C5(C)C)C(=O)c2ccccc2C1=C(C#N)C#N. The maximum atomic E-state index is 17.3. The summed E-state index contributed by atoms with van der Waals surface area (Å²) >= 11 is 6.07. The first-order valence-corrected chi connectivity index (χ1v) is 26.6. The van der Waals surface area contributed by atoms with Crippen LogP contribution in [0, 0.1) is 62.4 Å². The molecule has 0 radical (unpaired) electrons. The summed E-state index contributed by atoms with van der Waals surface area (Å²) in [5.74, 6) is -0.776. The molecule has 1 atom stereocenters. The molecular formula is C59H38F2N4O2S4. The summed E-state index contributed by atoms with van der Waals surface area (Å²) in [5, 5.41) is 40.8. The van der Waals surface area contributed by atoms with E-state index in [1.54, 1.807) is 71.2 Å². The molecule has 0 fully saturated rings. The highest BCUT2D eigenvalue weighted by molar-refractivity contribution is 7.32. The molecule has 8 aromatic rings. The second kappa shape index (κ2) is 15.7. The molecule has 71 heavy (non-hydrogen) atoms. The molecule has 1 unspecified atom stereocenters. The molecule has 0 bridgehead atoms. The third kappa shape index (κ3) is 6.06. The smallest absolute Gasteiger partial charge is 0.194 e. The first-order valence-electron chi connectivity index (χ1n) is 23.3. The quantitative estimate of drug-likeness (QED) is 0.115. The van der Waals surface area contributed by atoms with Crippen LogP contribution in [0.1, 0.15) is 118 Å². The lowest BCUT2D eigenvalue weighted by Gasteiger charge is -2.24. The zero-order valence-corrected chi connectivity index (χ0v) is 42.3. The van der Waals surface area contributed by atoms with Gasteiger partial charge in [0.05, 0.1) is 24.2 Å². The Morgan fingerprint density at radius 3 is 1.63 bits per heavy atom. The Morgan fingerprint density at radius 1 is 0.606 bits per heavy atom. The molecule has 6 nitrogen and oxygen atoms in total. The second-order valence-electron chi connectivity index (χ2n) is 20.0. The average molecular weight is 1000 g/mol. The van der Waals surface area contributed by atoms with Crippen molar-refractivity contribution in [1.82, 2.24) is 0 Å². The molecule has 0 saturated carbocycles. The first-order chi connectivity index (χ1) is 34.1. The highest BCUT2D eigenvalue weighted by atomic mass is 32.1. The zero-order valence-electron chi connectivity index (χ0n) is 39.0. The van der Waals surface area contributed by atoms with E-state index in [9.17, 15) is 30.6 Å². The predicted molar refractivity (Wildman–Crippen MR) is 281 cm³/mol. The summed E-state index contributed by atoms with van der Waals surface area (Å²) < 4.78 is 37.8. The van der Waals surface area contributed by atoms with E-state index in [4.69, 9.17) is 0 Å². The number of carbonyl (C=O) groups is 2. The molecule has 0 spiro atoms. The van der Waals surface area contributed by atoms with Crippen LogP contribution >= 0.6 is 45.3 Å². The van der Waals surface area contributed by atoms with Gasteiger partial charge in [-0.25, -0.2) is 8.78 Å². The number of ketones is 2. The van der Waals surface area contributed by atoms with Gasteiger partial charge in [-0.15, -0.1) is 45.3 Å². The number of rotatable bonds is 7. The Morgan fingerprint density at radius 2 is 1.10 bits per heavy atom. The Bertz CT molecular complexity index is 4090. The third-order valence-corrected chi connectivity index (χ3v) is 20.4. The normalized spacial score (nSPS) is 18.0. The third-order valence-electron chi connectivity index (χ3n) is 15.4. The van der Waals surface area contributed by atoms with Crippen LogP contribution in [0.5, 0.6) is 0 Å². The molecule has 12 rings (SSSR count). The lowest BCUT2D eigenvalue weighted by atomic mass is 9.75. The van der Waals surface area contributed by atoms with Gasteiger partial charge in [-0.3, -0.25) is 9.59 Å². The Hall–Kier alpha value is -7.16. The number of aryl methyl sites for hydroxylation is 2. The van der Waals surface area contributed by atoms with E-state index < -0.39 is 16.2 Å². The van der Waals surface area contributed by atoms with Crippen LogP contribution < -0.4 is 0 Å². The van der Waals surface area contributed by atoms with Crippen LogP contribution in [-0.2, 0) is 23.7 Å². The van der Waals surface area contributed by atoms with Crippen molar-refractivity contribution in [3.8, 4) is 45.2 Å². The van der Waals surface area contributed by atoms with Gasteiger partial charge in [0.2, 0.25) is 0 Å². The van der Waals surface area contributed by atoms with Crippen molar-refractivity contribution in [2.45, 2.75) is 77.6 Å². The summed E-state index contributed by atoms with van der Waals surface area (Å²) in [4.78, 5) is 31.1. The number of Topliss-reactive ketones (excluding diaryl/α,β-unsaturated/α-hetero) is 2. The van der Waals surface area contributed by atoms with Crippen LogP contribution in [0.25, 0.3) is 61.6 Å². The van der Waals surface area contributed by atoms with Gasteiger partial charge >= 0.3 is 0 Å². The van der Waals surface area contributed by atoms with E-state index in [0.717, 1.165) is 61.9 Å². The molecule has 4 aromatic carbocycles. The number of fused-ring (bicyclic) bond motifs is 13. The molecule has 4 heterocycles. The largest absolute Gasteiger partial charge is 0.293 e. The zero-order chi connectivity index (χ0) is 49.6. The van der Waals surface area contributed by atoms with Gasteiger partial charge in [0.1, 0.15) is 47.1 Å². The van der Waals surface area contributed by atoms with Gasteiger partial charge in [0.25, 0.3) is 0 Å². The Balaban J connectivity index is 0.847. The Kier molecular flexibility index (Phi) is 9.93. The van der Waals surface area contributed by atoms with Gasteiger partial charge < -0.3 is 0 Å². The Labute approximate surface area is 424 Å². The molecule has 344 valence electrons. The van der Waals surface area contributed by atoms with Crippen LogP contribution in [-0.4, -0.2) is 11.6 Å². The minimum Gasteiger partial charge on any atom is -0.293 e. The van der Waals surface area contributed by atoms with Crippen molar-refractivity contribution in [3.63, 3.8) is 0 Å². The molecule has 0 aliphatic heterocycles. The van der Waals surface area contributed by atoms with Crippen LogP contribution in [0.2, 0.25) is 0 Å².